The minimum absolute atomic E-state index is 0.0239. The van der Waals surface area contributed by atoms with E-state index in [4.69, 9.17) is 5.73 Å². The molecule has 2 unspecified atom stereocenters. The standard InChI is InChI=1S/C13H22N2O2S2/c1-10-8-18-9-12(10)13(14)6-11-4-3-5-15(7-11)19(2,16)17/h8-9,11,13H,3-7,14H2,1-2H3. The van der Waals surface area contributed by atoms with E-state index in [0.717, 1.165) is 19.3 Å². The molecule has 2 N–H and O–H groups in total. The SMILES string of the molecule is Cc1cscc1C(N)CC1CCCN(S(C)(=O)=O)C1. The summed E-state index contributed by atoms with van der Waals surface area (Å²) in [7, 11) is -3.06. The smallest absolute Gasteiger partial charge is 0.211 e. The molecule has 1 aliphatic rings. The van der Waals surface area contributed by atoms with Crippen LogP contribution in [0, 0.1) is 12.8 Å². The van der Waals surface area contributed by atoms with Crippen LogP contribution in [0.3, 0.4) is 0 Å². The Morgan fingerprint density at radius 2 is 2.26 bits per heavy atom. The summed E-state index contributed by atoms with van der Waals surface area (Å²) >= 11 is 1.68. The Kier molecular flexibility index (Phi) is 4.66. The number of rotatable bonds is 4. The third kappa shape index (κ3) is 3.78. The van der Waals surface area contributed by atoms with E-state index in [0.29, 0.717) is 19.0 Å². The first-order valence-electron chi connectivity index (χ1n) is 6.61. The number of nitrogens with zero attached hydrogens (tertiary/aromatic N) is 1. The van der Waals surface area contributed by atoms with Crippen molar-refractivity contribution in [2.24, 2.45) is 11.7 Å². The van der Waals surface area contributed by atoms with Crippen LogP contribution < -0.4 is 5.73 Å². The summed E-state index contributed by atoms with van der Waals surface area (Å²) in [6.45, 7) is 3.35. The molecule has 2 heterocycles. The molecule has 0 radical (unpaired) electrons. The van der Waals surface area contributed by atoms with Crippen LogP contribution in [0.1, 0.15) is 36.4 Å². The summed E-state index contributed by atoms with van der Waals surface area (Å²) in [5.41, 5.74) is 8.72. The van der Waals surface area contributed by atoms with E-state index in [-0.39, 0.29) is 6.04 Å². The highest BCUT2D eigenvalue weighted by molar-refractivity contribution is 7.88. The van der Waals surface area contributed by atoms with Gasteiger partial charge in [-0.05, 0) is 54.0 Å². The van der Waals surface area contributed by atoms with Gasteiger partial charge in [0.1, 0.15) is 0 Å². The van der Waals surface area contributed by atoms with Crippen LogP contribution in [0.5, 0.6) is 0 Å². The van der Waals surface area contributed by atoms with E-state index in [1.807, 2.05) is 0 Å². The second-order valence-corrected chi connectivity index (χ2v) is 8.21. The fourth-order valence-corrected chi connectivity index (χ4v) is 4.61. The molecule has 1 aliphatic heterocycles. The lowest BCUT2D eigenvalue weighted by atomic mass is 9.90. The van der Waals surface area contributed by atoms with Crippen molar-refractivity contribution >= 4 is 21.4 Å². The third-order valence-electron chi connectivity index (χ3n) is 3.83. The van der Waals surface area contributed by atoms with E-state index in [2.05, 4.69) is 17.7 Å². The zero-order valence-electron chi connectivity index (χ0n) is 11.5. The van der Waals surface area contributed by atoms with Gasteiger partial charge in [0.15, 0.2) is 0 Å². The van der Waals surface area contributed by atoms with Crippen molar-refractivity contribution in [2.45, 2.75) is 32.2 Å². The average Bonchev–Trinajstić information content (AvgIpc) is 2.75. The zero-order valence-corrected chi connectivity index (χ0v) is 13.1. The lowest BCUT2D eigenvalue weighted by Crippen LogP contribution is -2.40. The summed E-state index contributed by atoms with van der Waals surface area (Å²) in [6, 6.07) is 0.0239. The van der Waals surface area contributed by atoms with Gasteiger partial charge in [-0.25, -0.2) is 12.7 Å². The molecule has 1 aromatic rings. The Labute approximate surface area is 119 Å². The first-order chi connectivity index (χ1) is 8.88. The second kappa shape index (κ2) is 5.91. The fourth-order valence-electron chi connectivity index (χ4n) is 2.76. The third-order valence-corrected chi connectivity index (χ3v) is 5.98. The maximum Gasteiger partial charge on any atom is 0.211 e. The van der Waals surface area contributed by atoms with Gasteiger partial charge in [-0.15, -0.1) is 0 Å². The molecule has 0 aliphatic carbocycles. The molecular weight excluding hydrogens is 280 g/mol. The van der Waals surface area contributed by atoms with Gasteiger partial charge in [0.05, 0.1) is 6.26 Å². The maximum atomic E-state index is 11.6. The number of thiophene rings is 1. The van der Waals surface area contributed by atoms with Gasteiger partial charge in [0.25, 0.3) is 0 Å². The Balaban J connectivity index is 1.98. The number of piperidine rings is 1. The molecule has 6 heteroatoms. The van der Waals surface area contributed by atoms with Crippen molar-refractivity contribution in [3.63, 3.8) is 0 Å². The molecule has 19 heavy (non-hydrogen) atoms. The monoisotopic (exact) mass is 302 g/mol. The summed E-state index contributed by atoms with van der Waals surface area (Å²) in [6.07, 6.45) is 4.16. The highest BCUT2D eigenvalue weighted by atomic mass is 32.2. The molecule has 0 spiro atoms. The molecule has 1 saturated heterocycles. The van der Waals surface area contributed by atoms with Crippen LogP contribution in [-0.2, 0) is 10.0 Å². The van der Waals surface area contributed by atoms with Gasteiger partial charge >= 0.3 is 0 Å². The molecular formula is C13H22N2O2S2. The van der Waals surface area contributed by atoms with Gasteiger partial charge in [0.2, 0.25) is 10.0 Å². The normalized spacial score (nSPS) is 23.4. The van der Waals surface area contributed by atoms with E-state index in [1.165, 1.54) is 17.4 Å². The fraction of sp³-hybridized carbons (Fsp3) is 0.692. The average molecular weight is 302 g/mol. The van der Waals surface area contributed by atoms with Crippen LogP contribution in [0.4, 0.5) is 0 Å². The summed E-state index contributed by atoms with van der Waals surface area (Å²) in [5, 5.41) is 4.22. The number of sulfonamides is 1. The topological polar surface area (TPSA) is 63.4 Å². The molecule has 0 bridgehead atoms. The molecule has 1 fully saturated rings. The van der Waals surface area contributed by atoms with Gasteiger partial charge in [-0.2, -0.15) is 11.3 Å². The first kappa shape index (κ1) is 15.0. The minimum Gasteiger partial charge on any atom is -0.324 e. The predicted molar refractivity (Wildman–Crippen MR) is 79.7 cm³/mol. The quantitative estimate of drug-likeness (QED) is 0.926. The van der Waals surface area contributed by atoms with Crippen molar-refractivity contribution in [3.8, 4) is 0 Å². The number of nitrogens with two attached hydrogens (primary N) is 1. The summed E-state index contributed by atoms with van der Waals surface area (Å²) in [4.78, 5) is 0. The van der Waals surface area contributed by atoms with Crippen LogP contribution in [0.25, 0.3) is 0 Å². The Morgan fingerprint density at radius 3 is 2.84 bits per heavy atom. The minimum atomic E-state index is -3.06. The van der Waals surface area contributed by atoms with Gasteiger partial charge in [0, 0.05) is 19.1 Å². The van der Waals surface area contributed by atoms with E-state index in [9.17, 15) is 8.42 Å². The first-order valence-corrected chi connectivity index (χ1v) is 9.40. The zero-order chi connectivity index (χ0) is 14.0. The number of aryl methyl sites for hydroxylation is 1. The predicted octanol–water partition coefficient (Wildman–Crippen LogP) is 2.12. The van der Waals surface area contributed by atoms with Gasteiger partial charge in [-0.1, -0.05) is 0 Å². The summed E-state index contributed by atoms with van der Waals surface area (Å²) < 4.78 is 24.8. The van der Waals surface area contributed by atoms with Crippen LogP contribution >= 0.6 is 11.3 Å². The second-order valence-electron chi connectivity index (χ2n) is 5.48. The highest BCUT2D eigenvalue weighted by Crippen LogP contribution is 2.29. The summed E-state index contributed by atoms with van der Waals surface area (Å²) in [5.74, 6) is 0.373. The Hall–Kier alpha value is -0.430. The molecule has 0 saturated carbocycles. The molecule has 108 valence electrons. The molecule has 4 nitrogen and oxygen atoms in total. The lowest BCUT2D eigenvalue weighted by molar-refractivity contribution is 0.247. The van der Waals surface area contributed by atoms with Crippen molar-refractivity contribution < 1.29 is 8.42 Å². The molecule has 1 aromatic heterocycles. The van der Waals surface area contributed by atoms with Crippen LogP contribution in [0.15, 0.2) is 10.8 Å². The maximum absolute atomic E-state index is 11.6. The molecule has 2 rings (SSSR count). The van der Waals surface area contributed by atoms with E-state index in [1.54, 1.807) is 15.6 Å². The largest absolute Gasteiger partial charge is 0.324 e. The van der Waals surface area contributed by atoms with Crippen molar-refractivity contribution in [1.29, 1.82) is 0 Å². The van der Waals surface area contributed by atoms with Crippen molar-refractivity contribution in [1.82, 2.24) is 4.31 Å². The molecule has 0 aromatic carbocycles. The highest BCUT2D eigenvalue weighted by Gasteiger charge is 2.27. The van der Waals surface area contributed by atoms with Crippen LogP contribution in [0.2, 0.25) is 0 Å². The Morgan fingerprint density at radius 1 is 1.53 bits per heavy atom. The molecule has 0 amide bonds. The lowest BCUT2D eigenvalue weighted by Gasteiger charge is -2.32. The van der Waals surface area contributed by atoms with Gasteiger partial charge in [-0.3, -0.25) is 0 Å². The van der Waals surface area contributed by atoms with Crippen LogP contribution in [-0.4, -0.2) is 32.1 Å². The van der Waals surface area contributed by atoms with Gasteiger partial charge < -0.3 is 5.73 Å². The van der Waals surface area contributed by atoms with Crippen molar-refractivity contribution in [3.05, 3.63) is 21.9 Å². The number of hydrogen-bond acceptors (Lipinski definition) is 4. The van der Waals surface area contributed by atoms with E-state index >= 15 is 0 Å². The molecule has 2 atom stereocenters. The Bertz CT molecular complexity index is 525. The van der Waals surface area contributed by atoms with E-state index < -0.39 is 10.0 Å². The van der Waals surface area contributed by atoms with Crippen molar-refractivity contribution in [2.75, 3.05) is 19.3 Å². The number of hydrogen-bond donors (Lipinski definition) is 1.